The van der Waals surface area contributed by atoms with Crippen molar-refractivity contribution in [1.29, 1.82) is 0 Å². The van der Waals surface area contributed by atoms with Crippen LogP contribution in [0.1, 0.15) is 11.1 Å². The van der Waals surface area contributed by atoms with Crippen molar-refractivity contribution >= 4 is 11.4 Å². The first-order valence-electron chi connectivity index (χ1n) is 8.93. The van der Waals surface area contributed by atoms with Crippen molar-refractivity contribution in [1.82, 2.24) is 0 Å². The second-order valence-electron chi connectivity index (χ2n) is 6.55. The van der Waals surface area contributed by atoms with Crippen molar-refractivity contribution < 1.29 is 45.7 Å². The zero-order valence-corrected chi connectivity index (χ0v) is 16.4. The largest absolute Gasteiger partial charge is 0.450 e. The molecule has 3 aromatic carbocycles. The van der Waals surface area contributed by atoms with Crippen molar-refractivity contribution in [2.45, 2.75) is 12.4 Å². The Labute approximate surface area is 185 Å². The predicted octanol–water partition coefficient (Wildman–Crippen LogP) is 7.13. The number of hydrogen-bond acceptors (Lipinski definition) is 6. The van der Waals surface area contributed by atoms with Crippen LogP contribution in [-0.4, -0.2) is 9.85 Å². The molecule has 3 rings (SSSR count). The van der Waals surface area contributed by atoms with E-state index in [0.29, 0.717) is 24.3 Å². The van der Waals surface area contributed by atoms with Crippen molar-refractivity contribution in [3.63, 3.8) is 0 Å². The van der Waals surface area contributed by atoms with Gasteiger partial charge in [-0.1, -0.05) is 6.07 Å². The molecule has 3 aromatic rings. The number of halogens is 6. The summed E-state index contributed by atoms with van der Waals surface area (Å²) in [6.45, 7) is 0. The maximum atomic E-state index is 12.8. The normalized spacial score (nSPS) is 11.7. The molecule has 34 heavy (non-hydrogen) atoms. The van der Waals surface area contributed by atoms with Gasteiger partial charge in [0, 0.05) is 18.2 Å². The smallest absolute Gasteiger partial charge is 0.416 e. The summed E-state index contributed by atoms with van der Waals surface area (Å²) in [6.07, 6.45) is -9.65. The molecule has 0 aliphatic rings. The summed E-state index contributed by atoms with van der Waals surface area (Å²) in [5, 5.41) is 22.4. The predicted molar refractivity (Wildman–Crippen MR) is 103 cm³/mol. The molecule has 178 valence electrons. The zero-order valence-electron chi connectivity index (χ0n) is 16.4. The molecule has 8 nitrogen and oxygen atoms in total. The fourth-order valence-electron chi connectivity index (χ4n) is 2.70. The van der Waals surface area contributed by atoms with Crippen molar-refractivity contribution in [3.05, 3.63) is 92.0 Å². The summed E-state index contributed by atoms with van der Waals surface area (Å²) in [4.78, 5) is 20.2. The molecule has 0 heterocycles. The maximum Gasteiger partial charge on any atom is 0.416 e. The molecule has 0 saturated carbocycles. The first-order valence-corrected chi connectivity index (χ1v) is 8.93. The minimum absolute atomic E-state index is 0.157. The quantitative estimate of drug-likeness (QED) is 0.208. The topological polar surface area (TPSA) is 105 Å². The number of rotatable bonds is 6. The molecule has 0 aliphatic carbocycles. The number of nitrogens with zero attached hydrogens (tertiary/aromatic N) is 2. The van der Waals surface area contributed by atoms with E-state index in [1.165, 1.54) is 18.2 Å². The van der Waals surface area contributed by atoms with Gasteiger partial charge in [0.05, 0.1) is 21.0 Å². The highest BCUT2D eigenvalue weighted by molar-refractivity contribution is 5.53. The first-order chi connectivity index (χ1) is 15.8. The average Bonchev–Trinajstić information content (AvgIpc) is 2.72. The van der Waals surface area contributed by atoms with Crippen LogP contribution >= 0.6 is 0 Å². The molecule has 0 bridgehead atoms. The minimum Gasteiger partial charge on any atom is -0.450 e. The summed E-state index contributed by atoms with van der Waals surface area (Å²) in [5.41, 5.74) is -4.48. The van der Waals surface area contributed by atoms with Gasteiger partial charge in [-0.05, 0) is 36.4 Å². The van der Waals surface area contributed by atoms with Gasteiger partial charge < -0.3 is 9.47 Å². The number of nitro groups is 2. The van der Waals surface area contributed by atoms with E-state index >= 15 is 0 Å². The Kier molecular flexibility index (Phi) is 6.34. The Morgan fingerprint density at radius 1 is 0.618 bits per heavy atom. The van der Waals surface area contributed by atoms with E-state index in [1.807, 2.05) is 0 Å². The highest BCUT2D eigenvalue weighted by Gasteiger charge is 2.34. The summed E-state index contributed by atoms with van der Waals surface area (Å²) < 4.78 is 87.6. The van der Waals surface area contributed by atoms with Crippen LogP contribution in [0.5, 0.6) is 23.0 Å². The van der Waals surface area contributed by atoms with E-state index in [2.05, 4.69) is 0 Å². The van der Waals surface area contributed by atoms with Gasteiger partial charge in [-0.15, -0.1) is 0 Å². The maximum absolute atomic E-state index is 12.8. The summed E-state index contributed by atoms with van der Waals surface area (Å²) in [7, 11) is 0. The van der Waals surface area contributed by atoms with Gasteiger partial charge in [-0.3, -0.25) is 20.2 Å². The Morgan fingerprint density at radius 3 is 1.32 bits per heavy atom. The standard InChI is InChI=1S/C20H10F6N2O6/c21-19(22,23)11-4-6-17(15(8-11)27(29)30)33-13-2-1-3-14(10-13)34-18-7-5-12(20(24,25)26)9-16(18)28(31)32/h1-10H. The van der Waals surface area contributed by atoms with Crippen LogP contribution in [0.4, 0.5) is 37.7 Å². The van der Waals surface area contributed by atoms with Gasteiger partial charge in [0.15, 0.2) is 0 Å². The molecule has 0 saturated heterocycles. The van der Waals surface area contributed by atoms with Gasteiger partial charge in [-0.2, -0.15) is 26.3 Å². The lowest BCUT2D eigenvalue weighted by atomic mass is 10.2. The van der Waals surface area contributed by atoms with Crippen molar-refractivity contribution in [2.75, 3.05) is 0 Å². The SMILES string of the molecule is O=[N+]([O-])c1cc(C(F)(F)F)ccc1Oc1cccc(Oc2ccc(C(F)(F)F)cc2[N+](=O)[O-])c1. The molecule has 0 spiro atoms. The molecule has 0 amide bonds. The monoisotopic (exact) mass is 488 g/mol. The van der Waals surface area contributed by atoms with E-state index in [1.54, 1.807) is 0 Å². The second kappa shape index (κ2) is 8.88. The summed E-state index contributed by atoms with van der Waals surface area (Å²) in [6, 6.07) is 8.12. The third kappa shape index (κ3) is 5.51. The van der Waals surface area contributed by atoms with Gasteiger partial charge in [0.1, 0.15) is 11.5 Å². The molecule has 14 heteroatoms. The van der Waals surface area contributed by atoms with Crippen molar-refractivity contribution in [3.8, 4) is 23.0 Å². The summed E-state index contributed by atoms with van der Waals surface area (Å²) >= 11 is 0. The molecule has 0 N–H and O–H groups in total. The van der Waals surface area contributed by atoms with Crippen LogP contribution in [0, 0.1) is 20.2 Å². The van der Waals surface area contributed by atoms with E-state index in [4.69, 9.17) is 9.47 Å². The molecular formula is C20H10F6N2O6. The number of ether oxygens (including phenoxy) is 2. The van der Waals surface area contributed by atoms with Crippen LogP contribution in [0.15, 0.2) is 60.7 Å². The molecule has 0 unspecified atom stereocenters. The zero-order chi connectivity index (χ0) is 25.3. The van der Waals surface area contributed by atoms with Crippen LogP contribution in [-0.2, 0) is 12.4 Å². The lowest BCUT2D eigenvalue weighted by Gasteiger charge is -2.12. The van der Waals surface area contributed by atoms with Crippen LogP contribution in [0.3, 0.4) is 0 Å². The van der Waals surface area contributed by atoms with Gasteiger partial charge >= 0.3 is 23.7 Å². The number of alkyl halides is 6. The minimum atomic E-state index is -4.83. The third-order valence-corrected chi connectivity index (χ3v) is 4.23. The molecule has 0 aliphatic heterocycles. The van der Waals surface area contributed by atoms with Gasteiger partial charge in [-0.25, -0.2) is 0 Å². The number of benzene rings is 3. The number of hydrogen-bond donors (Lipinski definition) is 0. The lowest BCUT2D eigenvalue weighted by Crippen LogP contribution is -2.06. The Hall–Kier alpha value is -4.36. The summed E-state index contributed by atoms with van der Waals surface area (Å²) in [5.74, 6) is -1.38. The van der Waals surface area contributed by atoms with E-state index < -0.39 is 56.2 Å². The molecule has 0 fully saturated rings. The molecule has 0 aromatic heterocycles. The first kappa shape index (κ1) is 24.3. The third-order valence-electron chi connectivity index (χ3n) is 4.23. The Balaban J connectivity index is 1.91. The van der Waals surface area contributed by atoms with Gasteiger partial charge in [0.25, 0.3) is 0 Å². The van der Waals surface area contributed by atoms with E-state index in [-0.39, 0.29) is 11.5 Å². The number of nitro benzene ring substituents is 2. The fraction of sp³-hybridized carbons (Fsp3) is 0.100. The second-order valence-corrected chi connectivity index (χ2v) is 6.55. The molecule has 0 atom stereocenters. The molecular weight excluding hydrogens is 478 g/mol. The Bertz CT molecular complexity index is 1170. The van der Waals surface area contributed by atoms with E-state index in [9.17, 15) is 46.6 Å². The average molecular weight is 488 g/mol. The fourth-order valence-corrected chi connectivity index (χ4v) is 2.70. The highest BCUT2D eigenvalue weighted by atomic mass is 19.4. The van der Waals surface area contributed by atoms with Crippen LogP contribution in [0.25, 0.3) is 0 Å². The highest BCUT2D eigenvalue weighted by Crippen LogP contribution is 2.40. The van der Waals surface area contributed by atoms with E-state index in [0.717, 1.165) is 18.2 Å². The lowest BCUT2D eigenvalue weighted by molar-refractivity contribution is -0.386. The van der Waals surface area contributed by atoms with Crippen LogP contribution in [0.2, 0.25) is 0 Å². The molecule has 0 radical (unpaired) electrons. The van der Waals surface area contributed by atoms with Gasteiger partial charge in [0.2, 0.25) is 11.5 Å². The van der Waals surface area contributed by atoms with Crippen molar-refractivity contribution in [2.24, 2.45) is 0 Å². The van der Waals surface area contributed by atoms with Crippen LogP contribution < -0.4 is 9.47 Å². The Morgan fingerprint density at radius 2 is 1.00 bits per heavy atom.